The first-order valence-corrected chi connectivity index (χ1v) is 9.71. The van der Waals surface area contributed by atoms with Crippen LogP contribution in [-0.4, -0.2) is 28.7 Å². The maximum atomic E-state index is 12.9. The van der Waals surface area contributed by atoms with E-state index in [2.05, 4.69) is 16.9 Å². The van der Waals surface area contributed by atoms with Crippen molar-refractivity contribution in [2.24, 2.45) is 0 Å². The van der Waals surface area contributed by atoms with E-state index < -0.39 is 17.3 Å². The summed E-state index contributed by atoms with van der Waals surface area (Å²) in [5, 5.41) is 3.34. The maximum Gasteiger partial charge on any atom is 0.416 e. The largest absolute Gasteiger partial charge is 0.416 e. The lowest BCUT2D eigenvalue weighted by atomic mass is 9.90. The van der Waals surface area contributed by atoms with Crippen molar-refractivity contribution >= 4 is 28.7 Å². The zero-order valence-electron chi connectivity index (χ0n) is 15.5. The van der Waals surface area contributed by atoms with E-state index in [1.165, 1.54) is 6.07 Å². The minimum absolute atomic E-state index is 0.329. The summed E-state index contributed by atoms with van der Waals surface area (Å²) in [5.74, 6) is 0. The Balaban J connectivity index is 1.38. The number of halogens is 3. The molecule has 29 heavy (non-hydrogen) atoms. The molecule has 0 bridgehead atoms. The number of hydrogen-bond acceptors (Lipinski definition) is 3. The quantitative estimate of drug-likeness (QED) is 0.683. The van der Waals surface area contributed by atoms with Crippen molar-refractivity contribution in [3.8, 4) is 0 Å². The van der Waals surface area contributed by atoms with Crippen molar-refractivity contribution in [2.75, 3.05) is 18.4 Å². The monoisotopic (exact) mass is 419 g/mol. The summed E-state index contributed by atoms with van der Waals surface area (Å²) in [7, 11) is 0. The van der Waals surface area contributed by atoms with Gasteiger partial charge in [-0.2, -0.15) is 13.2 Å². The molecule has 0 aliphatic carbocycles. The second-order valence-electron chi connectivity index (χ2n) is 7.19. The van der Waals surface area contributed by atoms with Gasteiger partial charge in [0.25, 0.3) is 0 Å². The number of likely N-dealkylation sites (tertiary alicyclic amines) is 1. The molecule has 2 aliphatic rings. The van der Waals surface area contributed by atoms with Crippen LogP contribution in [0, 0.1) is 0 Å². The smallest absolute Gasteiger partial charge is 0.349 e. The fourth-order valence-electron chi connectivity index (χ4n) is 3.55. The number of alkyl halides is 3. The van der Waals surface area contributed by atoms with Crippen LogP contribution in [0.3, 0.4) is 0 Å². The second kappa shape index (κ2) is 7.68. The predicted octanol–water partition coefficient (Wildman–Crippen LogP) is 4.81. The molecule has 2 heterocycles. The van der Waals surface area contributed by atoms with Crippen LogP contribution in [0.2, 0.25) is 0 Å². The third kappa shape index (κ3) is 4.38. The number of nitrogens with one attached hydrogen (secondary N) is 2. The molecular formula is C21H20F3N3OS. The molecule has 0 radical (unpaired) electrons. The van der Waals surface area contributed by atoms with Crippen LogP contribution in [-0.2, 0) is 11.0 Å². The third-order valence-corrected chi connectivity index (χ3v) is 5.55. The van der Waals surface area contributed by atoms with Crippen LogP contribution >= 0.6 is 12.2 Å². The van der Waals surface area contributed by atoms with Crippen LogP contribution in [0.5, 0.6) is 0 Å². The van der Waals surface area contributed by atoms with Gasteiger partial charge >= 0.3 is 6.18 Å². The number of hydroxylamine groups is 1. The number of thiocarbonyl (C=S) groups is 1. The van der Waals surface area contributed by atoms with E-state index in [0.29, 0.717) is 23.9 Å². The van der Waals surface area contributed by atoms with E-state index in [0.717, 1.165) is 36.2 Å². The van der Waals surface area contributed by atoms with Gasteiger partial charge in [-0.05, 0) is 42.1 Å². The van der Waals surface area contributed by atoms with Gasteiger partial charge in [-0.25, -0.2) is 0 Å². The van der Waals surface area contributed by atoms with Crippen molar-refractivity contribution < 1.29 is 18.0 Å². The fourth-order valence-corrected chi connectivity index (χ4v) is 3.85. The average Bonchev–Trinajstić information content (AvgIpc) is 3.12. The van der Waals surface area contributed by atoms with Gasteiger partial charge < -0.3 is 10.2 Å². The van der Waals surface area contributed by atoms with E-state index in [4.69, 9.17) is 17.1 Å². The molecule has 1 spiro atoms. The number of piperidine rings is 1. The lowest BCUT2D eigenvalue weighted by Crippen LogP contribution is -2.48. The van der Waals surface area contributed by atoms with Crippen LogP contribution in [0.4, 0.5) is 18.9 Å². The predicted molar refractivity (Wildman–Crippen MR) is 110 cm³/mol. The molecule has 2 N–H and O–H groups in total. The second-order valence-corrected chi connectivity index (χ2v) is 7.58. The molecular weight excluding hydrogens is 399 g/mol. The fraction of sp³-hybridized carbons (Fsp3) is 0.286. The van der Waals surface area contributed by atoms with Crippen LogP contribution < -0.4 is 10.8 Å². The number of rotatable bonds is 2. The van der Waals surface area contributed by atoms with Gasteiger partial charge in [0.2, 0.25) is 0 Å². The molecule has 4 nitrogen and oxygen atoms in total. The van der Waals surface area contributed by atoms with E-state index in [1.54, 1.807) is 6.07 Å². The zero-order chi connectivity index (χ0) is 20.5. The van der Waals surface area contributed by atoms with E-state index in [-0.39, 0.29) is 0 Å². The molecule has 1 fully saturated rings. The number of anilines is 1. The molecule has 0 saturated carbocycles. The van der Waals surface area contributed by atoms with Crippen molar-refractivity contribution in [1.29, 1.82) is 0 Å². The van der Waals surface area contributed by atoms with Crippen LogP contribution in [0.1, 0.15) is 24.0 Å². The highest BCUT2D eigenvalue weighted by Gasteiger charge is 2.39. The van der Waals surface area contributed by atoms with Gasteiger partial charge in [0.05, 0.1) is 11.3 Å². The van der Waals surface area contributed by atoms with Gasteiger partial charge in [0.15, 0.2) is 5.11 Å². The Bertz CT molecular complexity index is 922. The molecule has 0 atom stereocenters. The van der Waals surface area contributed by atoms with Crippen LogP contribution in [0.25, 0.3) is 5.70 Å². The number of nitrogens with zero attached hydrogens (tertiary/aromatic N) is 1. The molecule has 4 rings (SSSR count). The van der Waals surface area contributed by atoms with Crippen molar-refractivity contribution in [2.45, 2.75) is 24.6 Å². The molecule has 2 aromatic rings. The standard InChI is InChI=1S/C21H20F3N3OS/c22-21(23,24)16-7-4-8-17(13-16)25-19(29)27-11-9-20(10-12-27)14-18(26-28-20)15-5-2-1-3-6-15/h1-8,13-14,26H,9-12H2,(H,25,29). The summed E-state index contributed by atoms with van der Waals surface area (Å²) in [4.78, 5) is 7.85. The van der Waals surface area contributed by atoms with E-state index >= 15 is 0 Å². The topological polar surface area (TPSA) is 36.5 Å². The van der Waals surface area contributed by atoms with E-state index in [9.17, 15) is 13.2 Å². The normalized spacial score (nSPS) is 18.3. The summed E-state index contributed by atoms with van der Waals surface area (Å²) < 4.78 is 38.7. The van der Waals surface area contributed by atoms with Crippen LogP contribution in [0.15, 0.2) is 60.7 Å². The van der Waals surface area contributed by atoms with Gasteiger partial charge in [-0.15, -0.1) is 0 Å². The SMILES string of the molecule is FC(F)(F)c1cccc(NC(=S)N2CCC3(C=C(c4ccccc4)NO3)CC2)c1. The first kappa shape index (κ1) is 19.7. The Morgan fingerprint density at radius 3 is 2.48 bits per heavy atom. The zero-order valence-corrected chi connectivity index (χ0v) is 16.3. The van der Waals surface area contributed by atoms with Gasteiger partial charge in [0.1, 0.15) is 5.60 Å². The Labute approximate surface area is 172 Å². The first-order valence-electron chi connectivity index (χ1n) is 9.30. The highest BCUT2D eigenvalue weighted by molar-refractivity contribution is 7.80. The first-order chi connectivity index (χ1) is 13.8. The van der Waals surface area contributed by atoms with Gasteiger partial charge in [0, 0.05) is 31.6 Å². The third-order valence-electron chi connectivity index (χ3n) is 5.19. The Morgan fingerprint density at radius 2 is 1.79 bits per heavy atom. The summed E-state index contributed by atoms with van der Waals surface area (Å²) in [6.45, 7) is 1.29. The van der Waals surface area contributed by atoms with Gasteiger partial charge in [-0.1, -0.05) is 36.4 Å². The highest BCUT2D eigenvalue weighted by Crippen LogP contribution is 2.35. The Morgan fingerprint density at radius 1 is 1.07 bits per heavy atom. The van der Waals surface area contributed by atoms with Crippen molar-refractivity contribution in [1.82, 2.24) is 10.4 Å². The summed E-state index contributed by atoms with van der Waals surface area (Å²) in [6, 6.07) is 15.0. The minimum atomic E-state index is -4.38. The molecule has 1 saturated heterocycles. The molecule has 0 unspecified atom stereocenters. The highest BCUT2D eigenvalue weighted by atomic mass is 32.1. The molecule has 0 amide bonds. The molecule has 152 valence electrons. The summed E-state index contributed by atoms with van der Waals surface area (Å²) in [5.41, 5.74) is 4.27. The molecule has 2 aliphatic heterocycles. The van der Waals surface area contributed by atoms with E-state index in [1.807, 2.05) is 35.2 Å². The number of hydrogen-bond donors (Lipinski definition) is 2. The molecule has 2 aromatic carbocycles. The minimum Gasteiger partial charge on any atom is -0.349 e. The summed E-state index contributed by atoms with van der Waals surface area (Å²) >= 11 is 5.42. The average molecular weight is 419 g/mol. The van der Waals surface area contributed by atoms with Crippen molar-refractivity contribution in [3.63, 3.8) is 0 Å². The Kier molecular flexibility index (Phi) is 5.23. The van der Waals surface area contributed by atoms with Gasteiger partial charge in [-0.3, -0.25) is 10.3 Å². The molecule has 8 heteroatoms. The summed E-state index contributed by atoms with van der Waals surface area (Å²) in [6.07, 6.45) is -0.823. The lowest BCUT2D eigenvalue weighted by Gasteiger charge is -2.38. The maximum absolute atomic E-state index is 12.9. The molecule has 0 aromatic heterocycles. The number of benzene rings is 2. The van der Waals surface area contributed by atoms with Crippen molar-refractivity contribution in [3.05, 3.63) is 71.8 Å². The Hall–Kier alpha value is -2.58. The lowest BCUT2D eigenvalue weighted by molar-refractivity contribution is -0.137.